The number of hydrogen-bond donors (Lipinski definition) is 3. The third-order valence-corrected chi connectivity index (χ3v) is 4.93. The Labute approximate surface area is 174 Å². The smallest absolute Gasteiger partial charge is 0.191 e. The van der Waals surface area contributed by atoms with Gasteiger partial charge in [-0.05, 0) is 31.6 Å². The van der Waals surface area contributed by atoms with Crippen LogP contribution >= 0.6 is 24.0 Å². The molecule has 0 aliphatic carbocycles. The Bertz CT molecular complexity index is 531. The number of halogens is 1. The zero-order valence-electron chi connectivity index (χ0n) is 16.7. The molecule has 0 spiro atoms. The van der Waals surface area contributed by atoms with E-state index in [0.29, 0.717) is 19.7 Å². The molecule has 1 aromatic rings. The lowest BCUT2D eigenvalue weighted by Crippen LogP contribution is -2.44. The fourth-order valence-corrected chi connectivity index (χ4v) is 2.63. The first-order valence-corrected chi connectivity index (χ1v) is 8.98. The molecule has 0 atom stereocenters. The minimum atomic E-state index is 0. The highest BCUT2D eigenvalue weighted by molar-refractivity contribution is 14.0. The summed E-state index contributed by atoms with van der Waals surface area (Å²) in [6.45, 7) is 8.93. The molecule has 1 rings (SSSR count). The van der Waals surface area contributed by atoms with E-state index in [4.69, 9.17) is 4.74 Å². The van der Waals surface area contributed by atoms with Gasteiger partial charge in [-0.15, -0.1) is 34.2 Å². The van der Waals surface area contributed by atoms with Crippen LogP contribution in [0, 0.1) is 12.3 Å². The second-order valence-corrected chi connectivity index (χ2v) is 6.34. The summed E-state index contributed by atoms with van der Waals surface area (Å²) in [5.41, 5.74) is 0.0693. The quantitative estimate of drug-likeness (QED) is 0.192. The summed E-state index contributed by atoms with van der Waals surface area (Å²) in [7, 11) is 3.61. The normalized spacial score (nSPS) is 12.0. The molecule has 0 saturated heterocycles. The Morgan fingerprint density at radius 3 is 2.46 bits per heavy atom. The molecular formula is C17H35IN6O2. The van der Waals surface area contributed by atoms with E-state index in [1.807, 2.05) is 18.5 Å². The minimum Gasteiger partial charge on any atom is -0.396 e. The van der Waals surface area contributed by atoms with Gasteiger partial charge in [-0.25, -0.2) is 4.99 Å². The molecule has 0 saturated carbocycles. The largest absolute Gasteiger partial charge is 0.396 e. The Hall–Kier alpha value is -0.940. The van der Waals surface area contributed by atoms with Crippen LogP contribution in [0.1, 0.15) is 44.8 Å². The number of aliphatic hydroxyl groups is 1. The highest BCUT2D eigenvalue weighted by Crippen LogP contribution is 2.29. The van der Waals surface area contributed by atoms with Crippen LogP contribution in [-0.2, 0) is 18.3 Å². The van der Waals surface area contributed by atoms with Crippen molar-refractivity contribution in [2.75, 3.05) is 33.4 Å². The summed E-state index contributed by atoms with van der Waals surface area (Å²) in [5, 5.41) is 24.3. The van der Waals surface area contributed by atoms with Gasteiger partial charge < -0.3 is 25.0 Å². The number of aliphatic hydroxyl groups excluding tert-OH is 1. The first kappa shape index (κ1) is 25.1. The lowest BCUT2D eigenvalue weighted by molar-refractivity contribution is 0.169. The number of ether oxygens (including phenoxy) is 1. The second kappa shape index (κ2) is 13.3. The van der Waals surface area contributed by atoms with Gasteiger partial charge in [-0.3, -0.25) is 0 Å². The highest BCUT2D eigenvalue weighted by atomic mass is 127. The van der Waals surface area contributed by atoms with E-state index in [-0.39, 0.29) is 36.0 Å². The number of rotatable bonds is 11. The number of nitrogens with zero attached hydrogens (tertiary/aromatic N) is 4. The van der Waals surface area contributed by atoms with Gasteiger partial charge in [0.25, 0.3) is 0 Å². The molecule has 152 valence electrons. The van der Waals surface area contributed by atoms with Gasteiger partial charge in [0.1, 0.15) is 12.4 Å². The number of nitrogens with one attached hydrogen (secondary N) is 2. The Balaban J connectivity index is 0.00000625. The average Bonchev–Trinajstić information content (AvgIpc) is 2.94. The summed E-state index contributed by atoms with van der Waals surface area (Å²) < 4.78 is 7.03. The van der Waals surface area contributed by atoms with Crippen LogP contribution in [0.2, 0.25) is 0 Å². The van der Waals surface area contributed by atoms with Crippen molar-refractivity contribution in [3.05, 3.63) is 11.6 Å². The Kier molecular flexibility index (Phi) is 12.8. The van der Waals surface area contributed by atoms with Crippen molar-refractivity contribution in [3.8, 4) is 0 Å². The fourth-order valence-electron chi connectivity index (χ4n) is 2.63. The van der Waals surface area contributed by atoms with E-state index in [2.05, 4.69) is 39.7 Å². The molecule has 9 heteroatoms. The molecule has 0 unspecified atom stereocenters. The van der Waals surface area contributed by atoms with Crippen molar-refractivity contribution in [2.45, 2.75) is 46.6 Å². The van der Waals surface area contributed by atoms with Crippen molar-refractivity contribution in [2.24, 2.45) is 17.5 Å². The van der Waals surface area contributed by atoms with Gasteiger partial charge in [-0.2, -0.15) is 0 Å². The number of aromatic nitrogens is 3. The third-order valence-electron chi connectivity index (χ3n) is 4.93. The summed E-state index contributed by atoms with van der Waals surface area (Å²) in [5.74, 6) is 2.41. The van der Waals surface area contributed by atoms with Crippen LogP contribution < -0.4 is 10.6 Å². The molecule has 0 bridgehead atoms. The van der Waals surface area contributed by atoms with Gasteiger partial charge in [0.05, 0.1) is 6.61 Å². The topological polar surface area (TPSA) is 96.6 Å². The predicted molar refractivity (Wildman–Crippen MR) is 115 cm³/mol. The molecule has 1 aromatic heterocycles. The van der Waals surface area contributed by atoms with Gasteiger partial charge in [0.2, 0.25) is 0 Å². The third kappa shape index (κ3) is 7.75. The zero-order chi connectivity index (χ0) is 18.7. The fraction of sp³-hybridized carbons (Fsp3) is 0.824. The Morgan fingerprint density at radius 2 is 1.96 bits per heavy atom. The summed E-state index contributed by atoms with van der Waals surface area (Å²) in [4.78, 5) is 4.62. The molecule has 0 aromatic carbocycles. The predicted octanol–water partition coefficient (Wildman–Crippen LogP) is 1.61. The number of guanidine groups is 1. The first-order chi connectivity index (χ1) is 12.0. The molecule has 26 heavy (non-hydrogen) atoms. The van der Waals surface area contributed by atoms with Crippen molar-refractivity contribution < 1.29 is 9.84 Å². The number of aliphatic imine (C=N–C) groups is 1. The molecule has 0 aliphatic rings. The summed E-state index contributed by atoms with van der Waals surface area (Å²) >= 11 is 0. The molecule has 1 heterocycles. The van der Waals surface area contributed by atoms with E-state index in [1.165, 1.54) is 0 Å². The molecule has 0 aliphatic heterocycles. The number of aryl methyl sites for hydroxylation is 1. The van der Waals surface area contributed by atoms with Crippen molar-refractivity contribution in [3.63, 3.8) is 0 Å². The second-order valence-electron chi connectivity index (χ2n) is 6.34. The SMILES string of the molecule is CCC(CC)(CCO)CNC(=NCc1nnc(C)n1C)NCCOC.I. The molecule has 0 amide bonds. The molecule has 0 fully saturated rings. The highest BCUT2D eigenvalue weighted by Gasteiger charge is 2.25. The van der Waals surface area contributed by atoms with Crippen LogP contribution in [0.5, 0.6) is 0 Å². The van der Waals surface area contributed by atoms with Crippen LogP contribution in [0.4, 0.5) is 0 Å². The maximum Gasteiger partial charge on any atom is 0.191 e. The van der Waals surface area contributed by atoms with Gasteiger partial charge in [-0.1, -0.05) is 13.8 Å². The van der Waals surface area contributed by atoms with E-state index in [1.54, 1.807) is 7.11 Å². The van der Waals surface area contributed by atoms with Crippen molar-refractivity contribution in [1.29, 1.82) is 0 Å². The number of hydrogen-bond acceptors (Lipinski definition) is 5. The van der Waals surface area contributed by atoms with E-state index in [0.717, 1.165) is 43.4 Å². The van der Waals surface area contributed by atoms with Gasteiger partial charge in [0.15, 0.2) is 11.8 Å². The molecule has 0 radical (unpaired) electrons. The van der Waals surface area contributed by atoms with Crippen LogP contribution in [0.25, 0.3) is 0 Å². The monoisotopic (exact) mass is 482 g/mol. The molecule has 8 nitrogen and oxygen atoms in total. The maximum atomic E-state index is 9.38. The van der Waals surface area contributed by atoms with E-state index in [9.17, 15) is 5.11 Å². The maximum absolute atomic E-state index is 9.38. The van der Waals surface area contributed by atoms with Crippen molar-refractivity contribution >= 4 is 29.9 Å². The zero-order valence-corrected chi connectivity index (χ0v) is 19.0. The first-order valence-electron chi connectivity index (χ1n) is 8.98. The lowest BCUT2D eigenvalue weighted by Gasteiger charge is -2.32. The van der Waals surface area contributed by atoms with Crippen molar-refractivity contribution in [1.82, 2.24) is 25.4 Å². The minimum absolute atomic E-state index is 0. The van der Waals surface area contributed by atoms with Gasteiger partial charge >= 0.3 is 0 Å². The van der Waals surface area contributed by atoms with Crippen LogP contribution in [0.15, 0.2) is 4.99 Å². The van der Waals surface area contributed by atoms with Crippen LogP contribution in [0.3, 0.4) is 0 Å². The molecule has 3 N–H and O–H groups in total. The van der Waals surface area contributed by atoms with Gasteiger partial charge in [0, 0.05) is 33.9 Å². The summed E-state index contributed by atoms with van der Waals surface area (Å²) in [6, 6.07) is 0. The van der Waals surface area contributed by atoms with E-state index < -0.39 is 0 Å². The average molecular weight is 482 g/mol. The standard InChI is InChI=1S/C17H34N6O2.HI/c1-6-17(7-2,8-10-24)13-20-16(18-9-11-25-5)19-12-15-22-21-14(3)23(15)4;/h24H,6-13H2,1-5H3,(H2,18,19,20);1H. The van der Waals surface area contributed by atoms with E-state index >= 15 is 0 Å². The molecular weight excluding hydrogens is 447 g/mol. The number of methoxy groups -OCH3 is 1. The van der Waals surface area contributed by atoms with Crippen LogP contribution in [-0.4, -0.2) is 59.2 Å². The Morgan fingerprint density at radius 1 is 1.27 bits per heavy atom. The summed E-state index contributed by atoms with van der Waals surface area (Å²) in [6.07, 6.45) is 2.79. The lowest BCUT2D eigenvalue weighted by atomic mass is 9.79.